The lowest BCUT2D eigenvalue weighted by molar-refractivity contribution is -0.144. The molecule has 186 valence electrons. The van der Waals surface area contributed by atoms with Gasteiger partial charge in [0.05, 0.1) is 12.6 Å². The topological polar surface area (TPSA) is 111 Å². The van der Waals surface area contributed by atoms with E-state index in [1.165, 1.54) is 24.2 Å². The predicted octanol–water partition coefficient (Wildman–Crippen LogP) is 3.76. The molecule has 0 aromatic rings. The molecule has 1 saturated carbocycles. The Bertz CT molecular complexity index is 570. The molecule has 32 heavy (non-hydrogen) atoms. The van der Waals surface area contributed by atoms with E-state index in [1.54, 1.807) is 27.7 Å². The van der Waals surface area contributed by atoms with Crippen LogP contribution in [0.25, 0.3) is 0 Å². The summed E-state index contributed by atoms with van der Waals surface area (Å²) in [6.45, 7) is 8.41. The molecule has 0 heterocycles. The van der Waals surface area contributed by atoms with Crippen LogP contribution < -0.4 is 11.1 Å². The molecule has 0 unspecified atom stereocenters. The smallest absolute Gasteiger partial charge is 0.410 e. The first-order valence-electron chi connectivity index (χ1n) is 12.3. The Morgan fingerprint density at radius 3 is 2.28 bits per heavy atom. The number of unbranched alkanes of at least 4 members (excludes halogenated alkanes) is 4. The first-order valence-corrected chi connectivity index (χ1v) is 12.3. The Labute approximate surface area is 193 Å². The van der Waals surface area contributed by atoms with E-state index in [-0.39, 0.29) is 25.1 Å². The third kappa shape index (κ3) is 12.3. The second kappa shape index (κ2) is 15.1. The maximum atomic E-state index is 12.4. The Morgan fingerprint density at radius 1 is 1.03 bits per heavy atom. The van der Waals surface area contributed by atoms with Crippen LogP contribution in [0.1, 0.15) is 91.9 Å². The first-order chi connectivity index (χ1) is 15.1. The highest BCUT2D eigenvalue weighted by atomic mass is 16.6. The molecule has 0 aromatic carbocycles. The van der Waals surface area contributed by atoms with Crippen LogP contribution in [0.3, 0.4) is 0 Å². The van der Waals surface area contributed by atoms with Crippen molar-refractivity contribution in [3.63, 3.8) is 0 Å². The lowest BCUT2D eigenvalue weighted by Crippen LogP contribution is -2.46. The van der Waals surface area contributed by atoms with Gasteiger partial charge in [0.1, 0.15) is 12.1 Å². The summed E-state index contributed by atoms with van der Waals surface area (Å²) in [7, 11) is 0. The zero-order valence-corrected chi connectivity index (χ0v) is 20.6. The van der Waals surface area contributed by atoms with E-state index in [9.17, 15) is 14.4 Å². The van der Waals surface area contributed by atoms with E-state index in [2.05, 4.69) is 5.32 Å². The molecule has 0 radical (unpaired) electrons. The average molecular weight is 456 g/mol. The zero-order valence-electron chi connectivity index (χ0n) is 20.6. The van der Waals surface area contributed by atoms with Crippen molar-refractivity contribution in [2.45, 2.75) is 104 Å². The normalized spacial score (nSPS) is 15.7. The van der Waals surface area contributed by atoms with Crippen LogP contribution in [0.15, 0.2) is 0 Å². The summed E-state index contributed by atoms with van der Waals surface area (Å²) in [5, 5.41) is 2.97. The Morgan fingerprint density at radius 2 is 1.66 bits per heavy atom. The lowest BCUT2D eigenvalue weighted by atomic mass is 9.84. The fourth-order valence-corrected chi connectivity index (χ4v) is 3.92. The number of ether oxygens (including phenoxy) is 2. The maximum absolute atomic E-state index is 12.4. The monoisotopic (exact) mass is 455 g/mol. The van der Waals surface area contributed by atoms with Crippen molar-refractivity contribution in [1.29, 1.82) is 0 Å². The van der Waals surface area contributed by atoms with Crippen LogP contribution in [0.2, 0.25) is 0 Å². The van der Waals surface area contributed by atoms with E-state index in [0.717, 1.165) is 44.9 Å². The molecule has 2 amide bonds. The van der Waals surface area contributed by atoms with E-state index in [1.807, 2.05) is 0 Å². The number of nitrogens with zero attached hydrogens (tertiary/aromatic N) is 1. The average Bonchev–Trinajstić information content (AvgIpc) is 2.73. The Balaban J connectivity index is 2.22. The maximum Gasteiger partial charge on any atom is 0.410 e. The summed E-state index contributed by atoms with van der Waals surface area (Å²) < 4.78 is 10.4. The van der Waals surface area contributed by atoms with Gasteiger partial charge in [-0.2, -0.15) is 0 Å². The van der Waals surface area contributed by atoms with Gasteiger partial charge in [-0.1, -0.05) is 38.5 Å². The SMILES string of the molecule is CCOC(=O)CN(CCCCCCCNC(=O)[C@H](N)C1CCCCC1)C(=O)OC(C)(C)C. The highest BCUT2D eigenvalue weighted by Crippen LogP contribution is 2.25. The number of nitrogens with one attached hydrogen (secondary N) is 1. The van der Waals surface area contributed by atoms with Gasteiger partial charge >= 0.3 is 12.1 Å². The molecule has 3 N–H and O–H groups in total. The van der Waals surface area contributed by atoms with Crippen molar-refractivity contribution in [3.05, 3.63) is 0 Å². The van der Waals surface area contributed by atoms with Crippen LogP contribution >= 0.6 is 0 Å². The van der Waals surface area contributed by atoms with Crippen molar-refractivity contribution >= 4 is 18.0 Å². The number of hydrogen-bond donors (Lipinski definition) is 2. The number of rotatable bonds is 13. The quantitative estimate of drug-likeness (QED) is 0.323. The minimum Gasteiger partial charge on any atom is -0.465 e. The molecule has 1 aliphatic carbocycles. The number of amides is 2. The zero-order chi connectivity index (χ0) is 24.0. The van der Waals surface area contributed by atoms with Crippen LogP contribution in [-0.4, -0.2) is 60.8 Å². The lowest BCUT2D eigenvalue weighted by Gasteiger charge is -2.27. The van der Waals surface area contributed by atoms with Crippen molar-refractivity contribution < 1.29 is 23.9 Å². The molecular formula is C24H45N3O5. The fraction of sp³-hybridized carbons (Fsp3) is 0.875. The predicted molar refractivity (Wildman–Crippen MR) is 125 cm³/mol. The van der Waals surface area contributed by atoms with Crippen molar-refractivity contribution in [2.24, 2.45) is 11.7 Å². The summed E-state index contributed by atoms with van der Waals surface area (Å²) in [6.07, 6.45) is 9.82. The molecule has 0 saturated heterocycles. The van der Waals surface area contributed by atoms with Gasteiger partial charge in [0.15, 0.2) is 0 Å². The second-order valence-electron chi connectivity index (χ2n) is 9.69. The van der Waals surface area contributed by atoms with Gasteiger partial charge in [-0.15, -0.1) is 0 Å². The van der Waals surface area contributed by atoms with Crippen molar-refractivity contribution in [1.82, 2.24) is 10.2 Å². The number of nitrogens with two attached hydrogens (primary N) is 1. The van der Waals surface area contributed by atoms with E-state index in [0.29, 0.717) is 19.0 Å². The van der Waals surface area contributed by atoms with Crippen LogP contribution in [0, 0.1) is 5.92 Å². The molecule has 0 aliphatic heterocycles. The summed E-state index contributed by atoms with van der Waals surface area (Å²) in [5.74, 6) is -0.129. The minimum atomic E-state index is -0.617. The van der Waals surface area contributed by atoms with E-state index in [4.69, 9.17) is 15.2 Å². The van der Waals surface area contributed by atoms with Gasteiger partial charge in [-0.25, -0.2) is 4.79 Å². The summed E-state index contributed by atoms with van der Waals surface area (Å²) in [5.41, 5.74) is 5.51. The van der Waals surface area contributed by atoms with Gasteiger partial charge in [-0.05, 0) is 59.3 Å². The summed E-state index contributed by atoms with van der Waals surface area (Å²) in [6, 6.07) is -0.381. The van der Waals surface area contributed by atoms with Gasteiger partial charge < -0.3 is 20.5 Å². The Kier molecular flexibility index (Phi) is 13.3. The van der Waals surface area contributed by atoms with Gasteiger partial charge in [-0.3, -0.25) is 14.5 Å². The van der Waals surface area contributed by atoms with Gasteiger partial charge in [0.2, 0.25) is 5.91 Å². The molecule has 0 aromatic heterocycles. The third-order valence-electron chi connectivity index (χ3n) is 5.64. The molecule has 8 nitrogen and oxygen atoms in total. The first kappa shape index (κ1) is 28.2. The standard InChI is InChI=1S/C24H45N3O5/c1-5-31-20(28)18-27(23(30)32-24(2,3)4)17-13-8-6-7-12-16-26-22(29)21(25)19-14-10-9-11-15-19/h19,21H,5-18,25H2,1-4H3,(H,26,29)/t21-/m1/s1. The molecule has 0 spiro atoms. The highest BCUT2D eigenvalue weighted by Gasteiger charge is 2.26. The largest absolute Gasteiger partial charge is 0.465 e. The van der Waals surface area contributed by atoms with Crippen LogP contribution in [0.5, 0.6) is 0 Å². The molecule has 1 rings (SSSR count). The van der Waals surface area contributed by atoms with E-state index >= 15 is 0 Å². The number of carbonyl (C=O) groups excluding carboxylic acids is 3. The summed E-state index contributed by atoms with van der Waals surface area (Å²) >= 11 is 0. The molecular weight excluding hydrogens is 410 g/mol. The van der Waals surface area contributed by atoms with Crippen LogP contribution in [0.4, 0.5) is 4.79 Å². The Hall–Kier alpha value is -1.83. The minimum absolute atomic E-state index is 0.0242. The molecule has 8 heteroatoms. The van der Waals surface area contributed by atoms with Crippen LogP contribution in [-0.2, 0) is 19.1 Å². The molecule has 1 aliphatic rings. The fourth-order valence-electron chi connectivity index (χ4n) is 3.92. The number of esters is 1. The van der Waals surface area contributed by atoms with Gasteiger partial charge in [0.25, 0.3) is 0 Å². The van der Waals surface area contributed by atoms with Crippen molar-refractivity contribution in [3.8, 4) is 0 Å². The van der Waals surface area contributed by atoms with E-state index < -0.39 is 17.7 Å². The third-order valence-corrected chi connectivity index (χ3v) is 5.64. The number of carbonyl (C=O) groups is 3. The second-order valence-corrected chi connectivity index (χ2v) is 9.69. The molecule has 1 atom stereocenters. The highest BCUT2D eigenvalue weighted by molar-refractivity contribution is 5.81. The van der Waals surface area contributed by atoms with Crippen molar-refractivity contribution in [2.75, 3.05) is 26.2 Å². The summed E-state index contributed by atoms with van der Waals surface area (Å²) in [4.78, 5) is 37.8. The van der Waals surface area contributed by atoms with Gasteiger partial charge in [0, 0.05) is 13.1 Å². The number of hydrogen-bond acceptors (Lipinski definition) is 6. The molecule has 1 fully saturated rings. The molecule has 0 bridgehead atoms.